The van der Waals surface area contributed by atoms with Crippen LogP contribution in [0.1, 0.15) is 19.8 Å². The van der Waals surface area contributed by atoms with Gasteiger partial charge in [0.05, 0.1) is 5.69 Å². The molecule has 0 fully saturated rings. The Morgan fingerprint density at radius 1 is 0.944 bits per heavy atom. The Morgan fingerprint density at radius 2 is 1.56 bits per heavy atom. The largest absolute Gasteiger partial charge is 0.344 e. The Labute approximate surface area is 108 Å². The van der Waals surface area contributed by atoms with Gasteiger partial charge >= 0.3 is 0 Å². The maximum atomic E-state index is 4.65. The summed E-state index contributed by atoms with van der Waals surface area (Å²) in [6.45, 7) is 2.16. The predicted octanol–water partition coefficient (Wildman–Crippen LogP) is 4.63. The molecule has 0 unspecified atom stereocenters. The molecule has 0 aliphatic heterocycles. The summed E-state index contributed by atoms with van der Waals surface area (Å²) in [5.74, 6) is 1.01. The average Bonchev–Trinajstić information content (AvgIpc) is 2.41. The maximum absolute atomic E-state index is 4.65. The summed E-state index contributed by atoms with van der Waals surface area (Å²) in [5, 5.41) is 3.38. The SMILES string of the molecule is CCC/C(=N\c1ccccc1)Nc1ccccc1. The zero-order valence-electron chi connectivity index (χ0n) is 10.6. The highest BCUT2D eigenvalue weighted by molar-refractivity contribution is 5.96. The quantitative estimate of drug-likeness (QED) is 0.609. The van der Waals surface area contributed by atoms with Gasteiger partial charge in [-0.3, -0.25) is 0 Å². The molecule has 2 aromatic carbocycles. The minimum absolute atomic E-state index is 0.948. The van der Waals surface area contributed by atoms with Crippen LogP contribution in [0.4, 0.5) is 11.4 Å². The summed E-state index contributed by atoms with van der Waals surface area (Å²) in [6, 6.07) is 20.2. The molecule has 0 spiro atoms. The second-order valence-corrected chi connectivity index (χ2v) is 4.14. The van der Waals surface area contributed by atoms with Crippen LogP contribution in [0.3, 0.4) is 0 Å². The molecule has 0 radical (unpaired) electrons. The van der Waals surface area contributed by atoms with Crippen LogP contribution in [0.15, 0.2) is 65.7 Å². The van der Waals surface area contributed by atoms with Crippen LogP contribution in [-0.4, -0.2) is 5.84 Å². The van der Waals surface area contributed by atoms with E-state index in [9.17, 15) is 0 Å². The minimum atomic E-state index is 0.948. The molecular weight excluding hydrogens is 220 g/mol. The molecule has 2 rings (SSSR count). The maximum Gasteiger partial charge on any atom is 0.107 e. The number of hydrogen-bond donors (Lipinski definition) is 1. The highest BCUT2D eigenvalue weighted by atomic mass is 15.0. The summed E-state index contributed by atoms with van der Waals surface area (Å²) in [4.78, 5) is 4.65. The number of rotatable bonds is 4. The monoisotopic (exact) mass is 238 g/mol. The Bertz CT molecular complexity index is 489. The van der Waals surface area contributed by atoms with E-state index in [4.69, 9.17) is 0 Å². The number of para-hydroxylation sites is 2. The summed E-state index contributed by atoms with van der Waals surface area (Å²) < 4.78 is 0. The number of hydrogen-bond acceptors (Lipinski definition) is 1. The number of amidine groups is 1. The van der Waals surface area contributed by atoms with Gasteiger partial charge in [0.1, 0.15) is 5.84 Å². The standard InChI is InChI=1S/C16H18N2/c1-2-9-16(17-14-10-5-3-6-11-14)18-15-12-7-4-8-13-15/h3-8,10-13H,2,9H2,1H3,(H,17,18). The molecule has 0 bridgehead atoms. The number of nitrogens with zero attached hydrogens (tertiary/aromatic N) is 1. The van der Waals surface area contributed by atoms with Gasteiger partial charge < -0.3 is 5.32 Å². The molecule has 0 saturated heterocycles. The molecule has 0 aromatic heterocycles. The average molecular weight is 238 g/mol. The molecule has 18 heavy (non-hydrogen) atoms. The highest BCUT2D eigenvalue weighted by Crippen LogP contribution is 2.13. The Hall–Kier alpha value is -2.09. The van der Waals surface area contributed by atoms with Gasteiger partial charge in [0, 0.05) is 12.1 Å². The van der Waals surface area contributed by atoms with Gasteiger partial charge in [0.25, 0.3) is 0 Å². The van der Waals surface area contributed by atoms with E-state index in [0.29, 0.717) is 0 Å². The number of benzene rings is 2. The molecule has 0 aliphatic carbocycles. The van der Waals surface area contributed by atoms with Gasteiger partial charge in [-0.15, -0.1) is 0 Å². The third-order valence-electron chi connectivity index (χ3n) is 2.57. The van der Waals surface area contributed by atoms with Crippen LogP contribution in [0, 0.1) is 0 Å². The highest BCUT2D eigenvalue weighted by Gasteiger charge is 1.99. The molecule has 0 amide bonds. The van der Waals surface area contributed by atoms with Crippen LogP contribution in [0.25, 0.3) is 0 Å². The van der Waals surface area contributed by atoms with Crippen molar-refractivity contribution in [1.29, 1.82) is 0 Å². The number of anilines is 1. The minimum Gasteiger partial charge on any atom is -0.344 e. The summed E-state index contributed by atoms with van der Waals surface area (Å²) in [5.41, 5.74) is 2.07. The first-order chi connectivity index (χ1) is 8.88. The molecule has 0 atom stereocenters. The van der Waals surface area contributed by atoms with E-state index in [1.54, 1.807) is 0 Å². The first-order valence-corrected chi connectivity index (χ1v) is 6.33. The van der Waals surface area contributed by atoms with E-state index in [1.807, 2.05) is 48.5 Å². The molecule has 2 heteroatoms. The van der Waals surface area contributed by atoms with Crippen molar-refractivity contribution in [3.63, 3.8) is 0 Å². The molecule has 0 saturated carbocycles. The lowest BCUT2D eigenvalue weighted by atomic mass is 10.2. The van der Waals surface area contributed by atoms with Crippen molar-refractivity contribution in [2.24, 2.45) is 4.99 Å². The first-order valence-electron chi connectivity index (χ1n) is 6.33. The van der Waals surface area contributed by atoms with E-state index in [-0.39, 0.29) is 0 Å². The summed E-state index contributed by atoms with van der Waals surface area (Å²) >= 11 is 0. The van der Waals surface area contributed by atoms with E-state index >= 15 is 0 Å². The van der Waals surface area contributed by atoms with Gasteiger partial charge in [0.15, 0.2) is 0 Å². The first kappa shape index (κ1) is 12.4. The predicted molar refractivity (Wildman–Crippen MR) is 78.5 cm³/mol. The molecule has 92 valence electrons. The fraction of sp³-hybridized carbons (Fsp3) is 0.188. The molecule has 2 aromatic rings. The fourth-order valence-corrected chi connectivity index (χ4v) is 1.73. The van der Waals surface area contributed by atoms with Crippen molar-refractivity contribution in [1.82, 2.24) is 0 Å². The lowest BCUT2D eigenvalue weighted by Crippen LogP contribution is -2.11. The Kier molecular flexibility index (Phi) is 4.53. The summed E-state index contributed by atoms with van der Waals surface area (Å²) in [6.07, 6.45) is 2.02. The second-order valence-electron chi connectivity index (χ2n) is 4.14. The third kappa shape index (κ3) is 3.74. The van der Waals surface area contributed by atoms with Gasteiger partial charge in [-0.05, 0) is 30.7 Å². The smallest absolute Gasteiger partial charge is 0.107 e. The van der Waals surface area contributed by atoms with Crippen LogP contribution in [-0.2, 0) is 0 Å². The van der Waals surface area contributed by atoms with Crippen molar-refractivity contribution in [3.05, 3.63) is 60.7 Å². The van der Waals surface area contributed by atoms with E-state index in [2.05, 4.69) is 29.4 Å². The molecular formula is C16H18N2. The van der Waals surface area contributed by atoms with Crippen LogP contribution in [0.5, 0.6) is 0 Å². The second kappa shape index (κ2) is 6.60. The van der Waals surface area contributed by atoms with Gasteiger partial charge in [-0.25, -0.2) is 4.99 Å². The molecule has 2 nitrogen and oxygen atoms in total. The Morgan fingerprint density at radius 3 is 2.17 bits per heavy atom. The molecule has 0 aliphatic rings. The van der Waals surface area contributed by atoms with E-state index in [0.717, 1.165) is 30.1 Å². The van der Waals surface area contributed by atoms with Crippen molar-refractivity contribution in [3.8, 4) is 0 Å². The van der Waals surface area contributed by atoms with Gasteiger partial charge in [-0.1, -0.05) is 43.3 Å². The van der Waals surface area contributed by atoms with Crippen LogP contribution >= 0.6 is 0 Å². The van der Waals surface area contributed by atoms with Crippen molar-refractivity contribution in [2.75, 3.05) is 5.32 Å². The third-order valence-corrected chi connectivity index (χ3v) is 2.57. The van der Waals surface area contributed by atoms with Crippen LogP contribution < -0.4 is 5.32 Å². The fourth-order valence-electron chi connectivity index (χ4n) is 1.73. The number of nitrogens with one attached hydrogen (secondary N) is 1. The van der Waals surface area contributed by atoms with E-state index < -0.39 is 0 Å². The molecule has 1 N–H and O–H groups in total. The van der Waals surface area contributed by atoms with Crippen molar-refractivity contribution in [2.45, 2.75) is 19.8 Å². The lowest BCUT2D eigenvalue weighted by Gasteiger charge is -2.09. The normalized spacial score (nSPS) is 11.3. The molecule has 0 heterocycles. The Balaban J connectivity index is 2.16. The summed E-state index contributed by atoms with van der Waals surface area (Å²) in [7, 11) is 0. The lowest BCUT2D eigenvalue weighted by molar-refractivity contribution is 0.989. The van der Waals surface area contributed by atoms with E-state index in [1.165, 1.54) is 0 Å². The zero-order valence-corrected chi connectivity index (χ0v) is 10.6. The zero-order chi connectivity index (χ0) is 12.6. The van der Waals surface area contributed by atoms with Crippen LogP contribution in [0.2, 0.25) is 0 Å². The number of aliphatic imine (C=N–C) groups is 1. The van der Waals surface area contributed by atoms with Crippen molar-refractivity contribution < 1.29 is 0 Å². The van der Waals surface area contributed by atoms with Gasteiger partial charge in [0.2, 0.25) is 0 Å². The van der Waals surface area contributed by atoms with Gasteiger partial charge in [-0.2, -0.15) is 0 Å². The van der Waals surface area contributed by atoms with Crippen molar-refractivity contribution >= 4 is 17.2 Å². The topological polar surface area (TPSA) is 24.4 Å².